The maximum atomic E-state index is 12.2. The molecule has 0 aromatic carbocycles. The molecule has 2 rings (SSSR count). The predicted octanol–water partition coefficient (Wildman–Crippen LogP) is 0.727. The quantitative estimate of drug-likeness (QED) is 0.871. The lowest BCUT2D eigenvalue weighted by Crippen LogP contribution is -2.31. The van der Waals surface area contributed by atoms with Gasteiger partial charge in [0, 0.05) is 6.20 Å². The second-order valence-electron chi connectivity index (χ2n) is 4.47. The first-order valence-electron chi connectivity index (χ1n) is 5.91. The van der Waals surface area contributed by atoms with Crippen LogP contribution < -0.4 is 5.32 Å². The van der Waals surface area contributed by atoms with Crippen molar-refractivity contribution in [2.75, 3.05) is 18.8 Å². The number of hydrogen-bond donors (Lipinski definition) is 1. The van der Waals surface area contributed by atoms with Gasteiger partial charge in [-0.2, -0.15) is 5.26 Å². The molecule has 0 unspecified atom stereocenters. The van der Waals surface area contributed by atoms with Crippen molar-refractivity contribution < 1.29 is 8.42 Å². The first-order chi connectivity index (χ1) is 8.62. The highest BCUT2D eigenvalue weighted by molar-refractivity contribution is 7.91. The van der Waals surface area contributed by atoms with E-state index >= 15 is 0 Å². The summed E-state index contributed by atoms with van der Waals surface area (Å²) in [5, 5.41) is 12.0. The average Bonchev–Trinajstić information content (AvgIpc) is 2.39. The molecule has 1 aliphatic rings. The third-order valence-corrected chi connectivity index (χ3v) is 4.87. The highest BCUT2D eigenvalue weighted by atomic mass is 32.2. The molecule has 0 saturated carbocycles. The summed E-state index contributed by atoms with van der Waals surface area (Å²) < 4.78 is 24.4. The fraction of sp³-hybridized carbons (Fsp3) is 0.500. The fourth-order valence-corrected chi connectivity index (χ4v) is 3.75. The van der Waals surface area contributed by atoms with Crippen molar-refractivity contribution in [2.45, 2.75) is 17.9 Å². The number of rotatable bonds is 3. The highest BCUT2D eigenvalue weighted by Gasteiger charge is 2.24. The van der Waals surface area contributed by atoms with Crippen LogP contribution in [-0.2, 0) is 9.84 Å². The Balaban J connectivity index is 2.17. The summed E-state index contributed by atoms with van der Waals surface area (Å²) in [5.41, 5.74) is 0.328. The first kappa shape index (κ1) is 13.0. The van der Waals surface area contributed by atoms with Crippen LogP contribution in [0.1, 0.15) is 18.4 Å². The molecule has 96 valence electrons. The van der Waals surface area contributed by atoms with Gasteiger partial charge in [-0.25, -0.2) is 13.4 Å². The standard InChI is InChI=1S/C12H15N3O2S/c13-8-11-3-6-15-12(7-11)18(16,17)9-10-1-4-14-5-2-10/h3,6-7,10,14H,1-2,4-5,9H2. The molecular formula is C12H15N3O2S. The molecular weight excluding hydrogens is 250 g/mol. The third kappa shape index (κ3) is 3.06. The van der Waals surface area contributed by atoms with E-state index in [1.807, 2.05) is 6.07 Å². The number of sulfone groups is 1. The van der Waals surface area contributed by atoms with Crippen LogP contribution in [0.2, 0.25) is 0 Å². The summed E-state index contributed by atoms with van der Waals surface area (Å²) in [6, 6.07) is 4.78. The molecule has 1 aromatic heterocycles. The molecule has 6 heteroatoms. The number of piperidine rings is 1. The van der Waals surface area contributed by atoms with Gasteiger partial charge in [-0.1, -0.05) is 0 Å². The minimum Gasteiger partial charge on any atom is -0.317 e. The summed E-state index contributed by atoms with van der Waals surface area (Å²) >= 11 is 0. The molecule has 0 aliphatic carbocycles. The molecule has 0 spiro atoms. The lowest BCUT2D eigenvalue weighted by molar-refractivity contribution is 0.401. The highest BCUT2D eigenvalue weighted by Crippen LogP contribution is 2.19. The Bertz CT molecular complexity index is 557. The second kappa shape index (κ2) is 5.46. The molecule has 5 nitrogen and oxygen atoms in total. The normalized spacial score (nSPS) is 17.3. The first-order valence-corrected chi connectivity index (χ1v) is 7.57. The van der Waals surface area contributed by atoms with E-state index in [4.69, 9.17) is 5.26 Å². The maximum Gasteiger partial charge on any atom is 0.195 e. The van der Waals surface area contributed by atoms with Crippen LogP contribution in [0.4, 0.5) is 0 Å². The Labute approximate surface area is 107 Å². The predicted molar refractivity (Wildman–Crippen MR) is 66.6 cm³/mol. The summed E-state index contributed by atoms with van der Waals surface area (Å²) in [6.45, 7) is 1.73. The third-order valence-electron chi connectivity index (χ3n) is 3.10. The van der Waals surface area contributed by atoms with E-state index in [1.165, 1.54) is 18.3 Å². The summed E-state index contributed by atoms with van der Waals surface area (Å²) in [6.07, 6.45) is 3.11. The van der Waals surface area contributed by atoms with Gasteiger partial charge in [-0.05, 0) is 44.0 Å². The molecule has 1 fully saturated rings. The largest absolute Gasteiger partial charge is 0.317 e. The molecule has 1 aromatic rings. The van der Waals surface area contributed by atoms with Crippen molar-refractivity contribution in [3.8, 4) is 6.07 Å². The molecule has 1 saturated heterocycles. The monoisotopic (exact) mass is 265 g/mol. The van der Waals surface area contributed by atoms with Crippen molar-refractivity contribution in [3.05, 3.63) is 23.9 Å². The van der Waals surface area contributed by atoms with Gasteiger partial charge in [-0.3, -0.25) is 0 Å². The second-order valence-corrected chi connectivity index (χ2v) is 6.45. The molecule has 0 amide bonds. The van der Waals surface area contributed by atoms with Gasteiger partial charge in [0.25, 0.3) is 0 Å². The van der Waals surface area contributed by atoms with Crippen LogP contribution in [0.5, 0.6) is 0 Å². The molecule has 0 atom stereocenters. The molecule has 1 N–H and O–H groups in total. The van der Waals surface area contributed by atoms with Crippen LogP contribution in [0.25, 0.3) is 0 Å². The number of pyridine rings is 1. The lowest BCUT2D eigenvalue weighted by atomic mass is 10.0. The summed E-state index contributed by atoms with van der Waals surface area (Å²) in [7, 11) is -3.38. The van der Waals surface area contributed by atoms with Crippen molar-refractivity contribution >= 4 is 9.84 Å². The topological polar surface area (TPSA) is 82.8 Å². The van der Waals surface area contributed by atoms with E-state index in [0.29, 0.717) is 5.56 Å². The zero-order valence-corrected chi connectivity index (χ0v) is 10.8. The van der Waals surface area contributed by atoms with Gasteiger partial charge >= 0.3 is 0 Å². The SMILES string of the molecule is N#Cc1ccnc(S(=O)(=O)CC2CCNCC2)c1. The van der Waals surface area contributed by atoms with E-state index in [1.54, 1.807) is 0 Å². The van der Waals surface area contributed by atoms with Gasteiger partial charge in [0.05, 0.1) is 17.4 Å². The maximum absolute atomic E-state index is 12.2. The number of hydrogen-bond acceptors (Lipinski definition) is 5. The van der Waals surface area contributed by atoms with Gasteiger partial charge in [0.2, 0.25) is 0 Å². The van der Waals surface area contributed by atoms with Gasteiger partial charge in [0.1, 0.15) is 0 Å². The van der Waals surface area contributed by atoms with E-state index in [9.17, 15) is 8.42 Å². The molecule has 0 radical (unpaired) electrons. The van der Waals surface area contributed by atoms with Crippen molar-refractivity contribution in [1.29, 1.82) is 5.26 Å². The number of aromatic nitrogens is 1. The van der Waals surface area contributed by atoms with E-state index in [0.717, 1.165) is 25.9 Å². The van der Waals surface area contributed by atoms with Crippen LogP contribution in [0.15, 0.2) is 23.4 Å². The zero-order chi connectivity index (χ0) is 13.0. The summed E-state index contributed by atoms with van der Waals surface area (Å²) in [5.74, 6) is 0.306. The number of nitrogens with one attached hydrogen (secondary N) is 1. The van der Waals surface area contributed by atoms with Crippen molar-refractivity contribution in [1.82, 2.24) is 10.3 Å². The van der Waals surface area contributed by atoms with E-state index in [2.05, 4.69) is 10.3 Å². The van der Waals surface area contributed by atoms with Gasteiger partial charge in [0.15, 0.2) is 14.9 Å². The molecule has 0 bridgehead atoms. The molecule has 18 heavy (non-hydrogen) atoms. The molecule has 1 aliphatic heterocycles. The van der Waals surface area contributed by atoms with Crippen molar-refractivity contribution in [2.24, 2.45) is 5.92 Å². The Morgan fingerprint density at radius 3 is 2.83 bits per heavy atom. The summed E-state index contributed by atoms with van der Waals surface area (Å²) in [4.78, 5) is 3.87. The van der Waals surface area contributed by atoms with E-state index < -0.39 is 9.84 Å². The Morgan fingerprint density at radius 2 is 2.17 bits per heavy atom. The smallest absolute Gasteiger partial charge is 0.195 e. The van der Waals surface area contributed by atoms with Crippen LogP contribution in [0, 0.1) is 17.2 Å². The minimum atomic E-state index is -3.38. The lowest BCUT2D eigenvalue weighted by Gasteiger charge is -2.22. The fourth-order valence-electron chi connectivity index (χ4n) is 2.09. The zero-order valence-electron chi connectivity index (χ0n) is 9.96. The Hall–Kier alpha value is -1.45. The Kier molecular flexibility index (Phi) is 3.94. The van der Waals surface area contributed by atoms with E-state index in [-0.39, 0.29) is 16.7 Å². The minimum absolute atomic E-state index is 0.0140. The van der Waals surface area contributed by atoms with Gasteiger partial charge < -0.3 is 5.32 Å². The van der Waals surface area contributed by atoms with Crippen molar-refractivity contribution in [3.63, 3.8) is 0 Å². The van der Waals surface area contributed by atoms with Crippen LogP contribution in [-0.4, -0.2) is 32.2 Å². The number of nitrogens with zero attached hydrogens (tertiary/aromatic N) is 2. The Morgan fingerprint density at radius 1 is 1.44 bits per heavy atom. The molecule has 2 heterocycles. The van der Waals surface area contributed by atoms with Crippen LogP contribution >= 0.6 is 0 Å². The average molecular weight is 265 g/mol. The number of nitriles is 1. The van der Waals surface area contributed by atoms with Crippen LogP contribution in [0.3, 0.4) is 0 Å². The van der Waals surface area contributed by atoms with Gasteiger partial charge in [-0.15, -0.1) is 0 Å².